The van der Waals surface area contributed by atoms with E-state index in [-0.39, 0.29) is 5.92 Å². The fourth-order valence-corrected chi connectivity index (χ4v) is 7.19. The summed E-state index contributed by atoms with van der Waals surface area (Å²) in [5.74, 6) is 1.61. The number of aromatic carboxylic acids is 1. The lowest BCUT2D eigenvalue weighted by atomic mass is 9.82. The maximum Gasteiger partial charge on any atom is 0.335 e. The van der Waals surface area contributed by atoms with Gasteiger partial charge in [0, 0.05) is 27.9 Å². The molecule has 7 rings (SSSR count). The zero-order chi connectivity index (χ0) is 29.5. The van der Waals surface area contributed by atoms with Crippen molar-refractivity contribution in [2.24, 2.45) is 5.92 Å². The zero-order valence-electron chi connectivity index (χ0n) is 23.9. The largest absolute Gasteiger partial charge is 0.478 e. The number of carbonyl (C=O) groups is 1. The van der Waals surface area contributed by atoms with E-state index in [9.17, 15) is 9.90 Å². The van der Waals surface area contributed by atoms with Crippen LogP contribution < -0.4 is 0 Å². The van der Waals surface area contributed by atoms with Gasteiger partial charge in [-0.3, -0.25) is 0 Å². The maximum absolute atomic E-state index is 11.2. The molecule has 4 aromatic carbocycles. The minimum absolute atomic E-state index is 0.0508. The first-order chi connectivity index (χ1) is 20.9. The van der Waals surface area contributed by atoms with Gasteiger partial charge in [0.05, 0.1) is 16.6 Å². The molecule has 0 amide bonds. The molecule has 1 aromatic heterocycles. The number of imidazole rings is 1. The molecule has 2 saturated carbocycles. The molecule has 5 aromatic rings. The summed E-state index contributed by atoms with van der Waals surface area (Å²) in [6, 6.07) is 31.0. The van der Waals surface area contributed by atoms with Gasteiger partial charge in [0.15, 0.2) is 0 Å². The third-order valence-corrected chi connectivity index (χ3v) is 9.83. The van der Waals surface area contributed by atoms with Crippen molar-refractivity contribution in [1.29, 1.82) is 0 Å². The smallest absolute Gasteiger partial charge is 0.335 e. The van der Waals surface area contributed by atoms with Gasteiger partial charge in [-0.25, -0.2) is 9.78 Å². The lowest BCUT2D eigenvalue weighted by Crippen LogP contribution is -2.21. The highest BCUT2D eigenvalue weighted by atomic mass is 35.5. The highest BCUT2D eigenvalue weighted by Crippen LogP contribution is 2.45. The highest BCUT2D eigenvalue weighted by molar-refractivity contribution is 6.30. The second kappa shape index (κ2) is 11.8. The van der Waals surface area contributed by atoms with E-state index in [0.717, 1.165) is 47.7 Å². The van der Waals surface area contributed by atoms with Crippen molar-refractivity contribution in [2.45, 2.75) is 62.8 Å². The van der Waals surface area contributed by atoms with Gasteiger partial charge >= 0.3 is 5.97 Å². The van der Waals surface area contributed by atoms with Gasteiger partial charge in [-0.2, -0.15) is 0 Å². The highest BCUT2D eigenvalue weighted by Gasteiger charge is 2.34. The number of rotatable bonds is 8. The third kappa shape index (κ3) is 5.96. The molecule has 2 aliphatic carbocycles. The lowest BCUT2D eigenvalue weighted by Gasteiger charge is -2.31. The van der Waals surface area contributed by atoms with E-state index in [0.29, 0.717) is 23.4 Å². The van der Waals surface area contributed by atoms with Crippen molar-refractivity contribution in [1.82, 2.24) is 9.55 Å². The van der Waals surface area contributed by atoms with Crippen LogP contribution in [0, 0.1) is 5.92 Å². The number of carboxylic acid groups (broad SMARTS) is 1. The Hall–Kier alpha value is -3.60. The maximum atomic E-state index is 11.2. The van der Waals surface area contributed by atoms with E-state index in [1.807, 2.05) is 36.4 Å². The summed E-state index contributed by atoms with van der Waals surface area (Å²) in [5, 5.41) is 10.7. The Balaban J connectivity index is 1.20. The van der Waals surface area contributed by atoms with Crippen LogP contribution in [0.15, 0.2) is 91.0 Å². The molecule has 4 nitrogen and oxygen atoms in total. The Morgan fingerprint density at radius 2 is 1.35 bits per heavy atom. The average molecular weight is 610 g/mol. The van der Waals surface area contributed by atoms with Crippen LogP contribution in [-0.2, 0) is 6.42 Å². The number of aromatic nitrogens is 2. The van der Waals surface area contributed by atoms with Crippen molar-refractivity contribution < 1.29 is 9.90 Å². The molecular weight excluding hydrogens is 575 g/mol. The second-order valence-corrected chi connectivity index (χ2v) is 13.2. The molecule has 0 atom stereocenters. The molecule has 1 N–H and O–H groups in total. The Kier molecular flexibility index (Phi) is 7.75. The molecule has 0 bridgehead atoms. The van der Waals surface area contributed by atoms with E-state index in [2.05, 4.69) is 47.0 Å². The fourth-order valence-electron chi connectivity index (χ4n) is 6.93. The van der Waals surface area contributed by atoms with Crippen LogP contribution in [0.4, 0.5) is 0 Å². The van der Waals surface area contributed by atoms with Gasteiger partial charge in [0.2, 0.25) is 0 Å². The van der Waals surface area contributed by atoms with E-state index in [1.54, 1.807) is 12.1 Å². The topological polar surface area (TPSA) is 55.1 Å². The predicted octanol–water partition coefficient (Wildman–Crippen LogP) is 10.1. The summed E-state index contributed by atoms with van der Waals surface area (Å²) in [5.41, 5.74) is 7.50. The van der Waals surface area contributed by atoms with E-state index in [1.165, 1.54) is 46.4 Å². The standard InChI is InChI=1S/C37H34Cl2N2O2/c38-30-14-9-25(10-15-30)35(26-11-16-31(39)17-12-26)29-13-20-33-34(22-29)41(36(40-33)27-7-8-27)32-18-3-24(4-19-32)21-23-1-5-28(6-2-23)37(42)43/h1-2,5-6,9-17,20,22,24,27,32,35H,3-4,7-8,18-19,21H2,(H,42,43)/t24-,32+. The lowest BCUT2D eigenvalue weighted by molar-refractivity contribution is 0.0697. The first kappa shape index (κ1) is 28.2. The summed E-state index contributed by atoms with van der Waals surface area (Å²) < 4.78 is 2.59. The second-order valence-electron chi connectivity index (χ2n) is 12.3. The molecule has 1 heterocycles. The average Bonchev–Trinajstić information content (AvgIpc) is 3.80. The Bertz CT molecular complexity index is 1700. The number of nitrogens with zero attached hydrogens (tertiary/aromatic N) is 2. The molecule has 2 aliphatic rings. The Labute approximate surface area is 262 Å². The molecule has 218 valence electrons. The van der Waals surface area contributed by atoms with Crippen molar-refractivity contribution >= 4 is 40.2 Å². The number of benzene rings is 4. The number of carboxylic acids is 1. The molecule has 0 unspecified atom stereocenters. The summed E-state index contributed by atoms with van der Waals surface area (Å²) in [4.78, 5) is 16.4. The molecule has 0 spiro atoms. The molecular formula is C37H34Cl2N2O2. The minimum atomic E-state index is -0.873. The van der Waals surface area contributed by atoms with Crippen molar-refractivity contribution in [2.75, 3.05) is 0 Å². The van der Waals surface area contributed by atoms with Crippen molar-refractivity contribution in [3.63, 3.8) is 0 Å². The van der Waals surface area contributed by atoms with Crippen LogP contribution in [0.2, 0.25) is 10.0 Å². The fraction of sp³-hybridized carbons (Fsp3) is 0.297. The van der Waals surface area contributed by atoms with Crippen LogP contribution in [0.3, 0.4) is 0 Å². The van der Waals surface area contributed by atoms with Crippen LogP contribution in [0.25, 0.3) is 11.0 Å². The van der Waals surface area contributed by atoms with Gasteiger partial charge in [-0.15, -0.1) is 0 Å². The normalized spacial score (nSPS) is 18.8. The van der Waals surface area contributed by atoms with E-state index >= 15 is 0 Å². The van der Waals surface area contributed by atoms with Crippen molar-refractivity contribution in [3.05, 3.63) is 135 Å². The molecule has 0 saturated heterocycles. The van der Waals surface area contributed by atoms with Gasteiger partial charge in [0.25, 0.3) is 0 Å². The van der Waals surface area contributed by atoms with Gasteiger partial charge in [0.1, 0.15) is 5.82 Å². The Morgan fingerprint density at radius 3 is 1.91 bits per heavy atom. The number of hydrogen-bond acceptors (Lipinski definition) is 2. The summed E-state index contributed by atoms with van der Waals surface area (Å²) >= 11 is 12.5. The van der Waals surface area contributed by atoms with Crippen LogP contribution in [-0.4, -0.2) is 20.6 Å². The van der Waals surface area contributed by atoms with Crippen LogP contribution in [0.5, 0.6) is 0 Å². The first-order valence-electron chi connectivity index (χ1n) is 15.3. The summed E-state index contributed by atoms with van der Waals surface area (Å²) in [6.45, 7) is 0. The Morgan fingerprint density at radius 1 is 0.767 bits per heavy atom. The minimum Gasteiger partial charge on any atom is -0.478 e. The van der Waals surface area contributed by atoms with E-state index in [4.69, 9.17) is 28.2 Å². The molecule has 2 fully saturated rings. The monoisotopic (exact) mass is 608 g/mol. The summed E-state index contributed by atoms with van der Waals surface area (Å²) in [7, 11) is 0. The molecule has 6 heteroatoms. The first-order valence-corrected chi connectivity index (χ1v) is 16.0. The van der Waals surface area contributed by atoms with Gasteiger partial charge in [-0.1, -0.05) is 65.7 Å². The molecule has 0 radical (unpaired) electrons. The van der Waals surface area contributed by atoms with Crippen LogP contribution >= 0.6 is 23.2 Å². The SMILES string of the molecule is O=C(O)c1ccc(C[C@H]2CC[C@@H](n3c(C4CC4)nc4ccc(C(c5ccc(Cl)cc5)c5ccc(Cl)cc5)cc43)CC2)cc1. The van der Waals surface area contributed by atoms with Gasteiger partial charge < -0.3 is 9.67 Å². The van der Waals surface area contributed by atoms with E-state index < -0.39 is 5.97 Å². The number of halogens is 2. The number of hydrogen-bond donors (Lipinski definition) is 1. The third-order valence-electron chi connectivity index (χ3n) is 9.33. The quantitative estimate of drug-likeness (QED) is 0.178. The van der Waals surface area contributed by atoms with Gasteiger partial charge in [-0.05, 0) is 122 Å². The van der Waals surface area contributed by atoms with Crippen molar-refractivity contribution in [3.8, 4) is 0 Å². The van der Waals surface area contributed by atoms with Crippen LogP contribution in [0.1, 0.15) is 94.8 Å². The zero-order valence-corrected chi connectivity index (χ0v) is 25.4. The number of fused-ring (bicyclic) bond motifs is 1. The molecule has 43 heavy (non-hydrogen) atoms. The summed E-state index contributed by atoms with van der Waals surface area (Å²) in [6.07, 6.45) is 8.02. The predicted molar refractivity (Wildman–Crippen MR) is 174 cm³/mol. The molecule has 0 aliphatic heterocycles.